The van der Waals surface area contributed by atoms with E-state index in [2.05, 4.69) is 42.4 Å². The molecule has 0 aliphatic carbocycles. The fourth-order valence-electron chi connectivity index (χ4n) is 2.72. The maximum Gasteiger partial charge on any atom is 0.275 e. The molecule has 3 aromatic carbocycles. The molecule has 1 amide bonds. The first-order valence-electron chi connectivity index (χ1n) is 9.20. The van der Waals surface area contributed by atoms with Gasteiger partial charge in [0, 0.05) is 12.1 Å². The van der Waals surface area contributed by atoms with Gasteiger partial charge in [-0.25, -0.2) is 5.43 Å². The third kappa shape index (κ3) is 5.92. The number of methoxy groups -OCH3 is 1. The van der Waals surface area contributed by atoms with Crippen LogP contribution in [0.2, 0.25) is 0 Å². The summed E-state index contributed by atoms with van der Waals surface area (Å²) in [6, 6.07) is 16.6. The first-order valence-corrected chi connectivity index (χ1v) is 10.8. The minimum atomic E-state index is -0.448. The molecule has 0 spiro atoms. The number of benzene rings is 3. The molecule has 8 nitrogen and oxygen atoms in total. The van der Waals surface area contributed by atoms with E-state index in [4.69, 9.17) is 9.47 Å². The Morgan fingerprint density at radius 2 is 1.78 bits per heavy atom. The first kappa shape index (κ1) is 23.4. The number of halogens is 2. The summed E-state index contributed by atoms with van der Waals surface area (Å²) in [6.07, 6.45) is 1.50. The highest BCUT2D eigenvalue weighted by Gasteiger charge is 2.12. The summed E-state index contributed by atoms with van der Waals surface area (Å²) in [5, 5.41) is 14.8. The number of nitro groups is 1. The molecular weight excluding hydrogens is 546 g/mol. The second-order valence-electron chi connectivity index (χ2n) is 6.43. The number of hydrogen-bond donors (Lipinski definition) is 1. The lowest BCUT2D eigenvalue weighted by Crippen LogP contribution is -2.18. The Kier molecular flexibility index (Phi) is 7.96. The molecule has 3 rings (SSSR count). The van der Waals surface area contributed by atoms with Gasteiger partial charge >= 0.3 is 0 Å². The molecular formula is C22H17Br2N3O5. The Labute approximate surface area is 200 Å². The molecule has 0 fully saturated rings. The monoisotopic (exact) mass is 561 g/mol. The standard InChI is InChI=1S/C22H17Br2N3O5/c1-31-20-5-3-2-4-17(20)22(28)26-25-12-15-10-18(23)21(19(24)11-15)32-13-14-6-8-16(9-7-14)27(29)30/h2-12H,13H2,1H3,(H,26,28)/b25-12+. The zero-order chi connectivity index (χ0) is 23.1. The number of para-hydroxylation sites is 1. The van der Waals surface area contributed by atoms with Crippen LogP contribution in [0.25, 0.3) is 0 Å². The molecule has 10 heteroatoms. The zero-order valence-corrected chi connectivity index (χ0v) is 19.9. The molecule has 0 bridgehead atoms. The van der Waals surface area contributed by atoms with Crippen LogP contribution in [0.15, 0.2) is 74.7 Å². The van der Waals surface area contributed by atoms with E-state index in [1.807, 2.05) is 0 Å². The van der Waals surface area contributed by atoms with Crippen LogP contribution in [0.4, 0.5) is 5.69 Å². The van der Waals surface area contributed by atoms with Crippen LogP contribution in [-0.2, 0) is 6.61 Å². The number of rotatable bonds is 8. The van der Waals surface area contributed by atoms with Crippen molar-refractivity contribution in [2.24, 2.45) is 5.10 Å². The molecule has 32 heavy (non-hydrogen) atoms. The minimum Gasteiger partial charge on any atom is -0.496 e. The van der Waals surface area contributed by atoms with Crippen molar-refractivity contribution in [3.05, 3.63) is 96.4 Å². The van der Waals surface area contributed by atoms with Crippen molar-refractivity contribution in [1.29, 1.82) is 0 Å². The number of hydrazone groups is 1. The molecule has 0 heterocycles. The van der Waals surface area contributed by atoms with Gasteiger partial charge in [-0.15, -0.1) is 0 Å². The average Bonchev–Trinajstić information content (AvgIpc) is 2.78. The maximum absolute atomic E-state index is 12.3. The van der Waals surface area contributed by atoms with Crippen molar-refractivity contribution >= 4 is 49.7 Å². The van der Waals surface area contributed by atoms with Crippen molar-refractivity contribution in [2.45, 2.75) is 6.61 Å². The summed E-state index contributed by atoms with van der Waals surface area (Å²) in [7, 11) is 1.50. The highest BCUT2D eigenvalue weighted by atomic mass is 79.9. The second-order valence-corrected chi connectivity index (χ2v) is 8.13. The number of ether oxygens (including phenoxy) is 2. The van der Waals surface area contributed by atoms with E-state index >= 15 is 0 Å². The van der Waals surface area contributed by atoms with E-state index in [0.29, 0.717) is 31.6 Å². The lowest BCUT2D eigenvalue weighted by Gasteiger charge is -2.11. The number of amides is 1. The molecule has 0 aliphatic rings. The minimum absolute atomic E-state index is 0.0255. The lowest BCUT2D eigenvalue weighted by atomic mass is 10.2. The van der Waals surface area contributed by atoms with Crippen LogP contribution in [-0.4, -0.2) is 24.2 Å². The number of carbonyl (C=O) groups excluding carboxylic acids is 1. The Morgan fingerprint density at radius 1 is 1.12 bits per heavy atom. The summed E-state index contributed by atoms with van der Waals surface area (Å²) in [6.45, 7) is 0.234. The van der Waals surface area contributed by atoms with Crippen molar-refractivity contribution in [1.82, 2.24) is 5.43 Å². The normalized spacial score (nSPS) is 10.7. The predicted octanol–water partition coefficient (Wildman–Crippen LogP) is 5.47. The van der Waals surface area contributed by atoms with E-state index in [1.165, 1.54) is 25.5 Å². The Bertz CT molecular complexity index is 1140. The molecule has 0 saturated heterocycles. The van der Waals surface area contributed by atoms with E-state index in [0.717, 1.165) is 5.56 Å². The van der Waals surface area contributed by atoms with Gasteiger partial charge in [-0.2, -0.15) is 5.10 Å². The Hall–Kier alpha value is -3.24. The molecule has 1 N–H and O–H groups in total. The summed E-state index contributed by atoms with van der Waals surface area (Å²) in [5.74, 6) is 0.638. The third-order valence-corrected chi connectivity index (χ3v) is 5.46. The van der Waals surface area contributed by atoms with Gasteiger partial charge in [0.05, 0.1) is 32.8 Å². The number of nitrogens with zero attached hydrogens (tertiary/aromatic N) is 2. The highest BCUT2D eigenvalue weighted by molar-refractivity contribution is 9.11. The quantitative estimate of drug-likeness (QED) is 0.223. The van der Waals surface area contributed by atoms with E-state index in [1.54, 1.807) is 48.5 Å². The van der Waals surface area contributed by atoms with Crippen LogP contribution in [0, 0.1) is 10.1 Å². The average molecular weight is 563 g/mol. The summed E-state index contributed by atoms with van der Waals surface area (Å²) in [4.78, 5) is 22.6. The van der Waals surface area contributed by atoms with Gasteiger partial charge in [0.2, 0.25) is 0 Å². The van der Waals surface area contributed by atoms with Crippen molar-refractivity contribution < 1.29 is 19.2 Å². The SMILES string of the molecule is COc1ccccc1C(=O)N/N=C/c1cc(Br)c(OCc2ccc([N+](=O)[O-])cc2)c(Br)c1. The second kappa shape index (κ2) is 10.9. The third-order valence-electron chi connectivity index (χ3n) is 4.28. The molecule has 0 atom stereocenters. The highest BCUT2D eigenvalue weighted by Crippen LogP contribution is 2.35. The summed E-state index contributed by atoms with van der Waals surface area (Å²) < 4.78 is 12.4. The van der Waals surface area contributed by atoms with Crippen molar-refractivity contribution in [3.63, 3.8) is 0 Å². The van der Waals surface area contributed by atoms with E-state index < -0.39 is 4.92 Å². The van der Waals surface area contributed by atoms with Gasteiger partial charge in [0.1, 0.15) is 18.1 Å². The number of hydrogen-bond acceptors (Lipinski definition) is 6. The summed E-state index contributed by atoms with van der Waals surface area (Å²) in [5.41, 5.74) is 4.39. The van der Waals surface area contributed by atoms with Crippen LogP contribution >= 0.6 is 31.9 Å². The first-order chi connectivity index (χ1) is 15.4. The molecule has 0 radical (unpaired) electrons. The van der Waals surface area contributed by atoms with Gasteiger partial charge in [-0.05, 0) is 79.4 Å². The molecule has 0 saturated carbocycles. The predicted molar refractivity (Wildman–Crippen MR) is 127 cm³/mol. The smallest absolute Gasteiger partial charge is 0.275 e. The van der Waals surface area contributed by atoms with Gasteiger partial charge in [0.25, 0.3) is 11.6 Å². The van der Waals surface area contributed by atoms with Gasteiger partial charge in [-0.3, -0.25) is 14.9 Å². The zero-order valence-electron chi connectivity index (χ0n) is 16.7. The molecule has 3 aromatic rings. The number of non-ortho nitro benzene ring substituents is 1. The molecule has 0 unspecified atom stereocenters. The van der Waals surface area contributed by atoms with Gasteiger partial charge in [-0.1, -0.05) is 12.1 Å². The number of nitrogens with one attached hydrogen (secondary N) is 1. The number of carbonyl (C=O) groups is 1. The van der Waals surface area contributed by atoms with Gasteiger partial charge in [0.15, 0.2) is 0 Å². The Balaban J connectivity index is 1.64. The summed E-state index contributed by atoms with van der Waals surface area (Å²) >= 11 is 6.94. The maximum atomic E-state index is 12.3. The van der Waals surface area contributed by atoms with Crippen LogP contribution in [0.1, 0.15) is 21.5 Å². The Morgan fingerprint density at radius 3 is 2.41 bits per heavy atom. The van der Waals surface area contributed by atoms with Crippen LogP contribution in [0.3, 0.4) is 0 Å². The fraction of sp³-hybridized carbons (Fsp3) is 0.0909. The van der Waals surface area contributed by atoms with Gasteiger partial charge < -0.3 is 9.47 Å². The largest absolute Gasteiger partial charge is 0.496 e. The number of nitro benzene ring substituents is 1. The molecule has 0 aromatic heterocycles. The van der Waals surface area contributed by atoms with Crippen molar-refractivity contribution in [2.75, 3.05) is 7.11 Å². The van der Waals surface area contributed by atoms with E-state index in [9.17, 15) is 14.9 Å². The topological polar surface area (TPSA) is 103 Å². The fourth-order valence-corrected chi connectivity index (χ4v) is 4.17. The van der Waals surface area contributed by atoms with Crippen molar-refractivity contribution in [3.8, 4) is 11.5 Å². The van der Waals surface area contributed by atoms with Crippen LogP contribution < -0.4 is 14.9 Å². The van der Waals surface area contributed by atoms with E-state index in [-0.39, 0.29) is 18.2 Å². The molecule has 164 valence electrons. The lowest BCUT2D eigenvalue weighted by molar-refractivity contribution is -0.384. The molecule has 0 aliphatic heterocycles. The van der Waals surface area contributed by atoms with Crippen LogP contribution in [0.5, 0.6) is 11.5 Å².